The summed E-state index contributed by atoms with van der Waals surface area (Å²) >= 11 is 0. The number of amides is 1. The van der Waals surface area contributed by atoms with Gasteiger partial charge in [-0.3, -0.25) is 4.79 Å². The number of carbonyl (C=O) groups excluding carboxylic acids is 1. The van der Waals surface area contributed by atoms with Crippen LogP contribution in [-0.4, -0.2) is 56.4 Å². The topological polar surface area (TPSA) is 66.5 Å². The van der Waals surface area contributed by atoms with Crippen LogP contribution in [0, 0.1) is 0 Å². The van der Waals surface area contributed by atoms with E-state index in [9.17, 15) is 13.2 Å². The van der Waals surface area contributed by atoms with E-state index < -0.39 is 9.84 Å². The van der Waals surface area contributed by atoms with Crippen LogP contribution in [0.1, 0.15) is 39.5 Å². The number of nitrogens with zero attached hydrogens (tertiary/aromatic N) is 1. The molecule has 5 nitrogen and oxygen atoms in total. The Balaban J connectivity index is 2.27. The summed E-state index contributed by atoms with van der Waals surface area (Å²) in [5.41, 5.74) is 0. The second-order valence-corrected chi connectivity index (χ2v) is 7.49. The first-order chi connectivity index (χ1) is 8.96. The molecule has 6 heteroatoms. The Labute approximate surface area is 116 Å². The second-order valence-electron chi connectivity index (χ2n) is 5.26. The van der Waals surface area contributed by atoms with Crippen molar-refractivity contribution in [3.63, 3.8) is 0 Å². The summed E-state index contributed by atoms with van der Waals surface area (Å²) in [6.45, 7) is 7.04. The minimum atomic E-state index is -2.91. The number of carbonyl (C=O) groups is 1. The third-order valence-electron chi connectivity index (χ3n) is 3.33. The maximum Gasteiger partial charge on any atom is 0.221 e. The Hall–Kier alpha value is -0.620. The fourth-order valence-corrected chi connectivity index (χ4v) is 4.11. The second kappa shape index (κ2) is 7.85. The minimum Gasteiger partial charge on any atom is -0.352 e. The largest absolute Gasteiger partial charge is 0.352 e. The Kier molecular flexibility index (Phi) is 6.79. The molecule has 1 N–H and O–H groups in total. The van der Waals surface area contributed by atoms with E-state index in [0.29, 0.717) is 12.8 Å². The summed E-state index contributed by atoms with van der Waals surface area (Å²) in [6.07, 6.45) is 3.18. The molecule has 0 aromatic heterocycles. The third kappa shape index (κ3) is 6.38. The monoisotopic (exact) mass is 290 g/mol. The van der Waals surface area contributed by atoms with Crippen LogP contribution in [0.25, 0.3) is 0 Å². The number of nitrogens with one attached hydrogen (secondary N) is 1. The molecule has 0 aliphatic carbocycles. The van der Waals surface area contributed by atoms with Gasteiger partial charge in [0.25, 0.3) is 0 Å². The van der Waals surface area contributed by atoms with E-state index in [4.69, 9.17) is 0 Å². The van der Waals surface area contributed by atoms with Crippen molar-refractivity contribution in [2.45, 2.75) is 45.6 Å². The van der Waals surface area contributed by atoms with E-state index in [0.717, 1.165) is 32.5 Å². The van der Waals surface area contributed by atoms with E-state index in [1.807, 2.05) is 0 Å². The average molecular weight is 290 g/mol. The molecular weight excluding hydrogens is 264 g/mol. The van der Waals surface area contributed by atoms with Crippen LogP contribution >= 0.6 is 0 Å². The number of sulfone groups is 1. The van der Waals surface area contributed by atoms with Crippen LogP contribution in [0.4, 0.5) is 0 Å². The molecule has 0 aromatic carbocycles. The molecule has 0 aromatic rings. The Bertz CT molecular complexity index is 375. The van der Waals surface area contributed by atoms with Gasteiger partial charge in [0.2, 0.25) is 5.91 Å². The minimum absolute atomic E-state index is 0.0284. The van der Waals surface area contributed by atoms with Crippen molar-refractivity contribution in [3.05, 3.63) is 0 Å². The van der Waals surface area contributed by atoms with Crippen molar-refractivity contribution >= 4 is 15.7 Å². The standard InChI is InChI=1S/C13H26N2O3S/c1-3-7-15(8-4-2)9-5-13(16)14-12-6-10-19(17,18)11-12/h12H,3-11H2,1-2H3,(H,14,16). The van der Waals surface area contributed by atoms with Crippen molar-refractivity contribution in [1.82, 2.24) is 10.2 Å². The van der Waals surface area contributed by atoms with Crippen LogP contribution < -0.4 is 5.32 Å². The van der Waals surface area contributed by atoms with E-state index in [2.05, 4.69) is 24.1 Å². The van der Waals surface area contributed by atoms with Crippen molar-refractivity contribution in [2.24, 2.45) is 0 Å². The Morgan fingerprint density at radius 1 is 1.21 bits per heavy atom. The van der Waals surface area contributed by atoms with Crippen LogP contribution in [-0.2, 0) is 14.6 Å². The maximum absolute atomic E-state index is 11.8. The number of hydrogen-bond donors (Lipinski definition) is 1. The molecule has 0 spiro atoms. The summed E-state index contributed by atoms with van der Waals surface area (Å²) < 4.78 is 22.6. The van der Waals surface area contributed by atoms with Gasteiger partial charge in [-0.1, -0.05) is 13.8 Å². The summed E-state index contributed by atoms with van der Waals surface area (Å²) in [5.74, 6) is 0.279. The summed E-state index contributed by atoms with van der Waals surface area (Å²) in [4.78, 5) is 14.1. The highest BCUT2D eigenvalue weighted by Gasteiger charge is 2.28. The van der Waals surface area contributed by atoms with Crippen LogP contribution in [0.15, 0.2) is 0 Å². The molecule has 0 bridgehead atoms. The Morgan fingerprint density at radius 3 is 2.32 bits per heavy atom. The zero-order valence-corrected chi connectivity index (χ0v) is 12.8. The lowest BCUT2D eigenvalue weighted by molar-refractivity contribution is -0.122. The average Bonchev–Trinajstić information content (AvgIpc) is 2.66. The molecule has 1 heterocycles. The number of rotatable bonds is 8. The van der Waals surface area contributed by atoms with Gasteiger partial charge in [-0.15, -0.1) is 0 Å². The Morgan fingerprint density at radius 2 is 1.84 bits per heavy atom. The van der Waals surface area contributed by atoms with Gasteiger partial charge in [-0.2, -0.15) is 0 Å². The normalized spacial score (nSPS) is 21.7. The zero-order valence-electron chi connectivity index (χ0n) is 12.0. The van der Waals surface area contributed by atoms with Gasteiger partial charge in [0.05, 0.1) is 11.5 Å². The van der Waals surface area contributed by atoms with Gasteiger partial charge in [-0.05, 0) is 32.4 Å². The maximum atomic E-state index is 11.8. The predicted molar refractivity (Wildman–Crippen MR) is 76.8 cm³/mol. The zero-order chi connectivity index (χ0) is 14.3. The first kappa shape index (κ1) is 16.4. The molecule has 1 unspecified atom stereocenters. The highest BCUT2D eigenvalue weighted by molar-refractivity contribution is 7.91. The molecule has 112 valence electrons. The fourth-order valence-electron chi connectivity index (χ4n) is 2.44. The molecule has 1 fully saturated rings. The van der Waals surface area contributed by atoms with Gasteiger partial charge < -0.3 is 10.2 Å². The molecule has 1 aliphatic rings. The van der Waals surface area contributed by atoms with Crippen molar-refractivity contribution in [3.8, 4) is 0 Å². The van der Waals surface area contributed by atoms with Gasteiger partial charge >= 0.3 is 0 Å². The van der Waals surface area contributed by atoms with Crippen LogP contribution in [0.2, 0.25) is 0 Å². The van der Waals surface area contributed by atoms with Gasteiger partial charge in [0, 0.05) is 19.0 Å². The van der Waals surface area contributed by atoms with Crippen LogP contribution in [0.3, 0.4) is 0 Å². The quantitative estimate of drug-likeness (QED) is 0.718. The molecule has 1 atom stereocenters. The third-order valence-corrected chi connectivity index (χ3v) is 5.10. The lowest BCUT2D eigenvalue weighted by Crippen LogP contribution is -2.38. The molecule has 1 rings (SSSR count). The summed E-state index contributed by atoms with van der Waals surface area (Å²) in [6, 6.07) is -0.177. The lowest BCUT2D eigenvalue weighted by atomic mass is 10.2. The molecule has 1 saturated heterocycles. The van der Waals surface area contributed by atoms with E-state index >= 15 is 0 Å². The van der Waals surface area contributed by atoms with Gasteiger partial charge in [0.15, 0.2) is 9.84 Å². The molecule has 0 radical (unpaired) electrons. The first-order valence-electron chi connectivity index (χ1n) is 7.19. The molecule has 1 amide bonds. The van der Waals surface area contributed by atoms with E-state index in [-0.39, 0.29) is 23.5 Å². The molecule has 0 saturated carbocycles. The van der Waals surface area contributed by atoms with Gasteiger partial charge in [-0.25, -0.2) is 8.42 Å². The van der Waals surface area contributed by atoms with E-state index in [1.54, 1.807) is 0 Å². The van der Waals surface area contributed by atoms with Gasteiger partial charge in [0.1, 0.15) is 0 Å². The van der Waals surface area contributed by atoms with Crippen molar-refractivity contribution < 1.29 is 13.2 Å². The molecule has 1 aliphatic heterocycles. The predicted octanol–water partition coefficient (Wildman–Crippen LogP) is 0.802. The SMILES string of the molecule is CCCN(CCC)CCC(=O)NC1CCS(=O)(=O)C1. The van der Waals surface area contributed by atoms with Crippen LogP contribution in [0.5, 0.6) is 0 Å². The van der Waals surface area contributed by atoms with Crippen molar-refractivity contribution in [1.29, 1.82) is 0 Å². The first-order valence-corrected chi connectivity index (χ1v) is 9.01. The lowest BCUT2D eigenvalue weighted by Gasteiger charge is -2.21. The molecule has 19 heavy (non-hydrogen) atoms. The fraction of sp³-hybridized carbons (Fsp3) is 0.923. The summed E-state index contributed by atoms with van der Waals surface area (Å²) in [5, 5.41) is 2.83. The summed E-state index contributed by atoms with van der Waals surface area (Å²) in [7, 11) is -2.91. The molecular formula is C13H26N2O3S. The van der Waals surface area contributed by atoms with E-state index in [1.165, 1.54) is 0 Å². The highest BCUT2D eigenvalue weighted by atomic mass is 32.2. The highest BCUT2D eigenvalue weighted by Crippen LogP contribution is 2.11. The van der Waals surface area contributed by atoms with Crippen molar-refractivity contribution in [2.75, 3.05) is 31.1 Å². The smallest absolute Gasteiger partial charge is 0.221 e. The number of hydrogen-bond acceptors (Lipinski definition) is 4.